The van der Waals surface area contributed by atoms with E-state index in [-0.39, 0.29) is 6.61 Å². The number of rotatable bonds is 1. The number of hydrogen-bond acceptors (Lipinski definition) is 2. The molecule has 0 amide bonds. The fraction of sp³-hybridized carbons (Fsp3) is 0.182. The molecule has 0 saturated carbocycles. The van der Waals surface area contributed by atoms with E-state index in [4.69, 9.17) is 10.4 Å². The molecule has 0 radical (unpaired) electrons. The lowest BCUT2D eigenvalue weighted by Gasteiger charge is -1.94. The molecule has 13 heavy (non-hydrogen) atoms. The fourth-order valence-electron chi connectivity index (χ4n) is 0.992. The van der Waals surface area contributed by atoms with Crippen LogP contribution in [0.2, 0.25) is 0 Å². The first kappa shape index (κ1) is 9.32. The summed E-state index contributed by atoms with van der Waals surface area (Å²) in [7, 11) is 0. The van der Waals surface area contributed by atoms with Crippen molar-refractivity contribution in [1.29, 1.82) is 5.26 Å². The van der Waals surface area contributed by atoms with Crippen LogP contribution in [0.25, 0.3) is 0 Å². The summed E-state index contributed by atoms with van der Waals surface area (Å²) in [4.78, 5) is 0. The van der Waals surface area contributed by atoms with Crippen LogP contribution < -0.4 is 0 Å². The minimum atomic E-state index is -0.136. The Labute approximate surface area is 77.4 Å². The molecule has 64 valence electrons. The lowest BCUT2D eigenvalue weighted by Crippen LogP contribution is -1.83. The molecule has 0 saturated heterocycles. The topological polar surface area (TPSA) is 44.0 Å². The zero-order chi connectivity index (χ0) is 9.52. The summed E-state index contributed by atoms with van der Waals surface area (Å²) < 4.78 is 0. The minimum absolute atomic E-state index is 0.136. The van der Waals surface area contributed by atoms with Gasteiger partial charge in [0.2, 0.25) is 0 Å². The Morgan fingerprint density at radius 1 is 1.38 bits per heavy atom. The highest BCUT2D eigenvalue weighted by Crippen LogP contribution is 2.03. The van der Waals surface area contributed by atoms with Crippen molar-refractivity contribution < 1.29 is 5.11 Å². The zero-order valence-corrected chi connectivity index (χ0v) is 7.12. The van der Waals surface area contributed by atoms with Crippen molar-refractivity contribution in [2.24, 2.45) is 0 Å². The van der Waals surface area contributed by atoms with E-state index in [0.717, 1.165) is 11.1 Å². The van der Waals surface area contributed by atoms with Crippen LogP contribution in [-0.4, -0.2) is 11.7 Å². The average molecular weight is 171 g/mol. The van der Waals surface area contributed by atoms with Gasteiger partial charge in [0.1, 0.15) is 6.61 Å². The summed E-state index contributed by atoms with van der Waals surface area (Å²) in [6.07, 6.45) is 0.397. The molecule has 0 heterocycles. The monoisotopic (exact) mass is 171 g/mol. The van der Waals surface area contributed by atoms with Gasteiger partial charge in [0, 0.05) is 5.56 Å². The van der Waals surface area contributed by atoms with Crippen LogP contribution in [0.3, 0.4) is 0 Å². The standard InChI is InChI=1S/C11H9NO/c12-7-6-11-4-1-3-10(9-11)5-2-8-13/h1,3-4,9,13H,6,8H2. The second-order valence-electron chi connectivity index (χ2n) is 2.50. The highest BCUT2D eigenvalue weighted by Gasteiger charge is 1.91. The van der Waals surface area contributed by atoms with Crippen molar-refractivity contribution in [3.05, 3.63) is 35.4 Å². The number of nitriles is 1. The molecule has 0 aliphatic rings. The van der Waals surface area contributed by atoms with Gasteiger partial charge in [-0.3, -0.25) is 0 Å². The zero-order valence-electron chi connectivity index (χ0n) is 7.12. The number of aliphatic hydroxyl groups excluding tert-OH is 1. The Balaban J connectivity index is 2.86. The Morgan fingerprint density at radius 2 is 2.23 bits per heavy atom. The van der Waals surface area contributed by atoms with Crippen molar-refractivity contribution in [1.82, 2.24) is 0 Å². The number of benzene rings is 1. The van der Waals surface area contributed by atoms with Crippen LogP contribution in [0.5, 0.6) is 0 Å². The molecule has 1 aromatic carbocycles. The van der Waals surface area contributed by atoms with Crippen LogP contribution in [0.4, 0.5) is 0 Å². The molecule has 0 spiro atoms. The second kappa shape index (κ2) is 4.98. The summed E-state index contributed by atoms with van der Waals surface area (Å²) in [6, 6.07) is 9.51. The van der Waals surface area contributed by atoms with Crippen molar-refractivity contribution in [3.8, 4) is 17.9 Å². The van der Waals surface area contributed by atoms with Gasteiger partial charge in [-0.05, 0) is 17.7 Å². The molecule has 2 heteroatoms. The molecule has 0 atom stereocenters. The summed E-state index contributed by atoms with van der Waals surface area (Å²) >= 11 is 0. The predicted octanol–water partition coefficient (Wildman–Crippen LogP) is 1.10. The van der Waals surface area contributed by atoms with Gasteiger partial charge in [-0.25, -0.2) is 0 Å². The van der Waals surface area contributed by atoms with E-state index in [2.05, 4.69) is 17.9 Å². The van der Waals surface area contributed by atoms with Gasteiger partial charge >= 0.3 is 0 Å². The van der Waals surface area contributed by atoms with E-state index in [1.165, 1.54) is 0 Å². The van der Waals surface area contributed by atoms with E-state index in [1.54, 1.807) is 0 Å². The highest BCUT2D eigenvalue weighted by atomic mass is 16.2. The lowest BCUT2D eigenvalue weighted by molar-refractivity contribution is 0.350. The SMILES string of the molecule is N#CCc1cccc(C#CCO)c1. The molecule has 0 unspecified atom stereocenters. The molecule has 0 aromatic heterocycles. The average Bonchev–Trinajstić information content (AvgIpc) is 2.16. The minimum Gasteiger partial charge on any atom is -0.384 e. The van der Waals surface area contributed by atoms with Crippen LogP contribution in [0.15, 0.2) is 24.3 Å². The molecule has 1 N–H and O–H groups in total. The molecule has 0 bridgehead atoms. The number of hydrogen-bond donors (Lipinski definition) is 1. The largest absolute Gasteiger partial charge is 0.384 e. The van der Waals surface area contributed by atoms with E-state index in [1.807, 2.05) is 24.3 Å². The third kappa shape index (κ3) is 2.99. The molecule has 0 aliphatic heterocycles. The van der Waals surface area contributed by atoms with Crippen molar-refractivity contribution in [2.45, 2.75) is 6.42 Å². The quantitative estimate of drug-likeness (QED) is 0.643. The maximum atomic E-state index is 8.47. The molecule has 1 aromatic rings. The van der Waals surface area contributed by atoms with Crippen LogP contribution in [0.1, 0.15) is 11.1 Å². The Morgan fingerprint density at radius 3 is 2.92 bits per heavy atom. The molecular formula is C11H9NO. The van der Waals surface area contributed by atoms with Crippen LogP contribution in [-0.2, 0) is 6.42 Å². The van der Waals surface area contributed by atoms with Crippen LogP contribution >= 0.6 is 0 Å². The first-order valence-electron chi connectivity index (χ1n) is 3.92. The highest BCUT2D eigenvalue weighted by molar-refractivity contribution is 5.37. The summed E-state index contributed by atoms with van der Waals surface area (Å²) in [5, 5.41) is 16.9. The van der Waals surface area contributed by atoms with Gasteiger partial charge in [0.05, 0.1) is 12.5 Å². The Kier molecular flexibility index (Phi) is 3.57. The third-order valence-electron chi connectivity index (χ3n) is 1.52. The maximum absolute atomic E-state index is 8.47. The van der Waals surface area contributed by atoms with Gasteiger partial charge in [-0.2, -0.15) is 5.26 Å². The van der Waals surface area contributed by atoms with Crippen molar-refractivity contribution in [3.63, 3.8) is 0 Å². The van der Waals surface area contributed by atoms with Crippen molar-refractivity contribution >= 4 is 0 Å². The predicted molar refractivity (Wildman–Crippen MR) is 49.7 cm³/mol. The second-order valence-corrected chi connectivity index (χ2v) is 2.50. The Hall–Kier alpha value is -1.77. The number of nitrogens with zero attached hydrogens (tertiary/aromatic N) is 1. The number of aliphatic hydroxyl groups is 1. The van der Waals surface area contributed by atoms with Gasteiger partial charge in [-0.15, -0.1) is 0 Å². The maximum Gasteiger partial charge on any atom is 0.104 e. The van der Waals surface area contributed by atoms with E-state index in [0.29, 0.717) is 6.42 Å². The first-order chi connectivity index (χ1) is 6.36. The first-order valence-corrected chi connectivity index (χ1v) is 3.92. The molecule has 1 rings (SSSR count). The van der Waals surface area contributed by atoms with E-state index in [9.17, 15) is 0 Å². The van der Waals surface area contributed by atoms with Gasteiger partial charge in [-0.1, -0.05) is 24.0 Å². The van der Waals surface area contributed by atoms with E-state index >= 15 is 0 Å². The third-order valence-corrected chi connectivity index (χ3v) is 1.52. The summed E-state index contributed by atoms with van der Waals surface area (Å²) in [6.45, 7) is -0.136. The molecular weight excluding hydrogens is 162 g/mol. The smallest absolute Gasteiger partial charge is 0.104 e. The fourth-order valence-corrected chi connectivity index (χ4v) is 0.992. The normalized spacial score (nSPS) is 8.31. The summed E-state index contributed by atoms with van der Waals surface area (Å²) in [5.74, 6) is 5.34. The van der Waals surface area contributed by atoms with Gasteiger partial charge in [0.15, 0.2) is 0 Å². The van der Waals surface area contributed by atoms with Gasteiger partial charge in [0.25, 0.3) is 0 Å². The molecule has 2 nitrogen and oxygen atoms in total. The Bertz CT molecular complexity index is 379. The lowest BCUT2D eigenvalue weighted by atomic mass is 10.1. The summed E-state index contributed by atoms with van der Waals surface area (Å²) in [5.41, 5.74) is 1.79. The van der Waals surface area contributed by atoms with Gasteiger partial charge < -0.3 is 5.11 Å². The molecule has 0 fully saturated rings. The van der Waals surface area contributed by atoms with Crippen LogP contribution in [0, 0.1) is 23.2 Å². The van der Waals surface area contributed by atoms with Crippen molar-refractivity contribution in [2.75, 3.05) is 6.61 Å². The molecule has 0 aliphatic carbocycles. The van der Waals surface area contributed by atoms with E-state index < -0.39 is 0 Å².